The molecule has 0 saturated carbocycles. The number of anilines is 1. The van der Waals surface area contributed by atoms with Gasteiger partial charge in [-0.3, -0.25) is 14.3 Å². The molecule has 1 rings (SSSR count). The molecule has 19 heavy (non-hydrogen) atoms. The van der Waals surface area contributed by atoms with E-state index in [4.69, 9.17) is 0 Å². The second kappa shape index (κ2) is 5.94. The standard InChI is InChI=1S/C11H16F3N3O2/c1-7(4-3-5-11(12,13)14)15-8-6-9(18)17(2)10(19)16-8/h6-7,15H,3-5H2,1-2H3,(H,16,19). The number of aromatic amines is 1. The van der Waals surface area contributed by atoms with Crippen LogP contribution in [-0.4, -0.2) is 21.8 Å². The van der Waals surface area contributed by atoms with Crippen molar-refractivity contribution in [1.82, 2.24) is 9.55 Å². The summed E-state index contributed by atoms with van der Waals surface area (Å²) in [4.78, 5) is 25.1. The van der Waals surface area contributed by atoms with Gasteiger partial charge in [0, 0.05) is 25.6 Å². The van der Waals surface area contributed by atoms with E-state index in [2.05, 4.69) is 10.3 Å². The van der Waals surface area contributed by atoms with Crippen LogP contribution in [0.2, 0.25) is 0 Å². The molecule has 1 unspecified atom stereocenters. The molecule has 0 aromatic carbocycles. The third kappa shape index (κ3) is 5.19. The molecule has 0 spiro atoms. The van der Waals surface area contributed by atoms with E-state index in [1.807, 2.05) is 0 Å². The average molecular weight is 279 g/mol. The second-order valence-corrected chi connectivity index (χ2v) is 4.44. The van der Waals surface area contributed by atoms with Crippen LogP contribution in [0.1, 0.15) is 26.2 Å². The number of alkyl halides is 3. The molecular formula is C11H16F3N3O2. The Morgan fingerprint density at radius 1 is 1.42 bits per heavy atom. The largest absolute Gasteiger partial charge is 0.389 e. The van der Waals surface area contributed by atoms with Gasteiger partial charge in [-0.15, -0.1) is 0 Å². The molecule has 1 aromatic heterocycles. The molecule has 1 heterocycles. The van der Waals surface area contributed by atoms with Crippen molar-refractivity contribution >= 4 is 5.82 Å². The number of hydrogen-bond donors (Lipinski definition) is 2. The number of nitrogens with one attached hydrogen (secondary N) is 2. The maximum atomic E-state index is 12.0. The van der Waals surface area contributed by atoms with E-state index >= 15 is 0 Å². The lowest BCUT2D eigenvalue weighted by molar-refractivity contribution is -0.135. The van der Waals surface area contributed by atoms with Crippen molar-refractivity contribution in [1.29, 1.82) is 0 Å². The van der Waals surface area contributed by atoms with Gasteiger partial charge in [-0.2, -0.15) is 13.2 Å². The fourth-order valence-electron chi connectivity index (χ4n) is 1.58. The number of nitrogens with zero attached hydrogens (tertiary/aromatic N) is 1. The lowest BCUT2D eigenvalue weighted by Crippen LogP contribution is -2.33. The van der Waals surface area contributed by atoms with Gasteiger partial charge in [-0.1, -0.05) is 0 Å². The molecule has 0 radical (unpaired) electrons. The molecular weight excluding hydrogens is 263 g/mol. The molecule has 0 aliphatic carbocycles. The number of hydrogen-bond acceptors (Lipinski definition) is 3. The van der Waals surface area contributed by atoms with Gasteiger partial charge in [-0.05, 0) is 19.8 Å². The summed E-state index contributed by atoms with van der Waals surface area (Å²) in [6, 6.07) is 0.923. The van der Waals surface area contributed by atoms with Crippen molar-refractivity contribution in [3.63, 3.8) is 0 Å². The molecule has 1 atom stereocenters. The summed E-state index contributed by atoms with van der Waals surface area (Å²) in [6.45, 7) is 1.69. The van der Waals surface area contributed by atoms with Crippen molar-refractivity contribution in [2.45, 2.75) is 38.4 Å². The topological polar surface area (TPSA) is 66.9 Å². The summed E-state index contributed by atoms with van der Waals surface area (Å²) >= 11 is 0. The van der Waals surface area contributed by atoms with Gasteiger partial charge in [0.15, 0.2) is 0 Å². The second-order valence-electron chi connectivity index (χ2n) is 4.44. The highest BCUT2D eigenvalue weighted by Crippen LogP contribution is 2.22. The van der Waals surface area contributed by atoms with Crippen LogP contribution in [0.5, 0.6) is 0 Å². The summed E-state index contributed by atoms with van der Waals surface area (Å²) < 4.78 is 36.8. The Hall–Kier alpha value is -1.73. The average Bonchev–Trinajstić information content (AvgIpc) is 2.23. The minimum Gasteiger partial charge on any atom is -0.369 e. The molecule has 1 aromatic rings. The van der Waals surface area contributed by atoms with Crippen LogP contribution in [0.25, 0.3) is 0 Å². The maximum Gasteiger partial charge on any atom is 0.389 e. The Kier molecular flexibility index (Phi) is 4.79. The van der Waals surface area contributed by atoms with Crippen molar-refractivity contribution < 1.29 is 13.2 Å². The van der Waals surface area contributed by atoms with Crippen LogP contribution in [-0.2, 0) is 7.05 Å². The van der Waals surface area contributed by atoms with E-state index in [1.54, 1.807) is 6.92 Å². The summed E-state index contributed by atoms with van der Waals surface area (Å²) in [5, 5.41) is 2.80. The quantitative estimate of drug-likeness (QED) is 0.860. The minimum absolute atomic E-state index is 0.00720. The zero-order valence-corrected chi connectivity index (χ0v) is 10.7. The van der Waals surface area contributed by atoms with E-state index in [0.717, 1.165) is 4.57 Å². The smallest absolute Gasteiger partial charge is 0.369 e. The van der Waals surface area contributed by atoms with Crippen LogP contribution in [0, 0.1) is 0 Å². The summed E-state index contributed by atoms with van der Waals surface area (Å²) in [5.74, 6) is 0.215. The fourth-order valence-corrected chi connectivity index (χ4v) is 1.58. The van der Waals surface area contributed by atoms with Crippen LogP contribution in [0.3, 0.4) is 0 Å². The first-order chi connectivity index (χ1) is 8.69. The first-order valence-electron chi connectivity index (χ1n) is 5.82. The first-order valence-corrected chi connectivity index (χ1v) is 5.82. The Bertz CT molecular complexity index is 502. The van der Waals surface area contributed by atoms with Gasteiger partial charge in [-0.25, -0.2) is 4.79 Å². The Morgan fingerprint density at radius 2 is 2.05 bits per heavy atom. The van der Waals surface area contributed by atoms with Gasteiger partial charge < -0.3 is 5.32 Å². The highest BCUT2D eigenvalue weighted by molar-refractivity contribution is 5.32. The predicted octanol–water partition coefficient (Wildman–Crippen LogP) is 1.61. The number of halogens is 3. The van der Waals surface area contributed by atoms with Crippen LogP contribution in [0.4, 0.5) is 19.0 Å². The third-order valence-electron chi connectivity index (χ3n) is 2.64. The predicted molar refractivity (Wildman–Crippen MR) is 65.3 cm³/mol. The van der Waals surface area contributed by atoms with Crippen molar-refractivity contribution in [2.75, 3.05) is 5.32 Å². The zero-order chi connectivity index (χ0) is 14.6. The van der Waals surface area contributed by atoms with E-state index in [0.29, 0.717) is 0 Å². The zero-order valence-electron chi connectivity index (χ0n) is 10.7. The van der Waals surface area contributed by atoms with Crippen molar-refractivity contribution in [3.8, 4) is 0 Å². The lowest BCUT2D eigenvalue weighted by Gasteiger charge is -2.15. The highest BCUT2D eigenvalue weighted by Gasteiger charge is 2.26. The van der Waals surface area contributed by atoms with E-state index in [9.17, 15) is 22.8 Å². The SMILES string of the molecule is CC(CCCC(F)(F)F)Nc1cc(=O)n(C)c(=O)[nH]1. The number of rotatable bonds is 5. The molecule has 0 amide bonds. The van der Waals surface area contributed by atoms with Gasteiger partial charge in [0.25, 0.3) is 5.56 Å². The molecule has 5 nitrogen and oxygen atoms in total. The fraction of sp³-hybridized carbons (Fsp3) is 0.636. The summed E-state index contributed by atoms with van der Waals surface area (Å²) in [6.07, 6.45) is -4.72. The van der Waals surface area contributed by atoms with Crippen LogP contribution in [0.15, 0.2) is 15.7 Å². The Morgan fingerprint density at radius 3 is 2.58 bits per heavy atom. The van der Waals surface area contributed by atoms with Gasteiger partial charge in [0.05, 0.1) is 0 Å². The highest BCUT2D eigenvalue weighted by atomic mass is 19.4. The molecule has 0 aliphatic heterocycles. The molecule has 2 N–H and O–H groups in total. The van der Waals surface area contributed by atoms with E-state index < -0.39 is 23.8 Å². The Balaban J connectivity index is 2.56. The van der Waals surface area contributed by atoms with Gasteiger partial charge in [0.2, 0.25) is 0 Å². The van der Waals surface area contributed by atoms with Gasteiger partial charge in [0.1, 0.15) is 5.82 Å². The normalized spacial score (nSPS) is 13.3. The molecule has 8 heteroatoms. The summed E-state index contributed by atoms with van der Waals surface area (Å²) in [7, 11) is 1.33. The Labute approximate surface area is 107 Å². The molecule has 0 aliphatic rings. The molecule has 0 bridgehead atoms. The monoisotopic (exact) mass is 279 g/mol. The molecule has 108 valence electrons. The van der Waals surface area contributed by atoms with E-state index in [-0.39, 0.29) is 24.7 Å². The molecule has 0 fully saturated rings. The van der Waals surface area contributed by atoms with E-state index in [1.165, 1.54) is 13.1 Å². The summed E-state index contributed by atoms with van der Waals surface area (Å²) in [5.41, 5.74) is -1.05. The van der Waals surface area contributed by atoms with Gasteiger partial charge >= 0.3 is 11.9 Å². The van der Waals surface area contributed by atoms with Crippen molar-refractivity contribution in [3.05, 3.63) is 26.9 Å². The maximum absolute atomic E-state index is 12.0. The lowest BCUT2D eigenvalue weighted by atomic mass is 10.1. The van der Waals surface area contributed by atoms with Crippen LogP contribution >= 0.6 is 0 Å². The number of H-pyrrole nitrogens is 1. The minimum atomic E-state index is -4.16. The first kappa shape index (κ1) is 15.3. The van der Waals surface area contributed by atoms with Crippen LogP contribution < -0.4 is 16.6 Å². The van der Waals surface area contributed by atoms with Crippen molar-refractivity contribution in [2.24, 2.45) is 7.05 Å². The third-order valence-corrected chi connectivity index (χ3v) is 2.64. The number of aromatic nitrogens is 2. The molecule has 0 saturated heterocycles.